The third-order valence-electron chi connectivity index (χ3n) is 3.71. The van der Waals surface area contributed by atoms with E-state index in [1.165, 1.54) is 25.2 Å². The number of anilines is 1. The Labute approximate surface area is 110 Å². The maximum absolute atomic E-state index is 4.40. The lowest BCUT2D eigenvalue weighted by atomic mass is 10.0. The van der Waals surface area contributed by atoms with E-state index in [1.807, 2.05) is 19.0 Å². The Hall–Kier alpha value is -1.16. The molecule has 2 heterocycles. The molecule has 2 rings (SSSR count). The van der Waals surface area contributed by atoms with Crippen molar-refractivity contribution >= 4 is 5.82 Å². The second-order valence-electron chi connectivity index (χ2n) is 5.71. The van der Waals surface area contributed by atoms with Crippen molar-refractivity contribution in [1.29, 1.82) is 0 Å². The van der Waals surface area contributed by atoms with Crippen molar-refractivity contribution in [2.45, 2.75) is 32.7 Å². The van der Waals surface area contributed by atoms with Crippen LogP contribution >= 0.6 is 0 Å². The highest BCUT2D eigenvalue weighted by molar-refractivity contribution is 5.36. The van der Waals surface area contributed by atoms with Crippen LogP contribution in [0.2, 0.25) is 0 Å². The van der Waals surface area contributed by atoms with Crippen molar-refractivity contribution < 1.29 is 0 Å². The van der Waals surface area contributed by atoms with Crippen LogP contribution < -0.4 is 4.90 Å². The molecule has 0 radical (unpaired) electrons. The number of hydrogen-bond donors (Lipinski definition) is 0. The Morgan fingerprint density at radius 3 is 2.78 bits per heavy atom. The summed E-state index contributed by atoms with van der Waals surface area (Å²) in [6.45, 7) is 6.99. The van der Waals surface area contributed by atoms with Gasteiger partial charge in [-0.05, 0) is 39.2 Å². The molecule has 4 heteroatoms. The zero-order valence-electron chi connectivity index (χ0n) is 11.9. The second kappa shape index (κ2) is 5.65. The van der Waals surface area contributed by atoms with Crippen molar-refractivity contribution in [3.8, 4) is 0 Å². The van der Waals surface area contributed by atoms with E-state index in [9.17, 15) is 0 Å². The average Bonchev–Trinajstić information content (AvgIpc) is 2.78. The van der Waals surface area contributed by atoms with Crippen molar-refractivity contribution in [1.82, 2.24) is 14.9 Å². The number of hydrogen-bond acceptors (Lipinski definition) is 4. The minimum atomic E-state index is 0.665. The van der Waals surface area contributed by atoms with E-state index in [-0.39, 0.29) is 0 Å². The van der Waals surface area contributed by atoms with Gasteiger partial charge >= 0.3 is 0 Å². The first-order valence-electron chi connectivity index (χ1n) is 6.78. The molecule has 0 aliphatic carbocycles. The van der Waals surface area contributed by atoms with E-state index in [0.717, 1.165) is 18.2 Å². The van der Waals surface area contributed by atoms with E-state index in [2.05, 4.69) is 34.8 Å². The van der Waals surface area contributed by atoms with Gasteiger partial charge in [-0.3, -0.25) is 0 Å². The molecule has 0 N–H and O–H groups in total. The van der Waals surface area contributed by atoms with E-state index >= 15 is 0 Å². The van der Waals surface area contributed by atoms with Crippen LogP contribution in [0.25, 0.3) is 0 Å². The molecule has 1 aliphatic heterocycles. The first-order chi connectivity index (χ1) is 8.56. The molecule has 4 nitrogen and oxygen atoms in total. The molecule has 18 heavy (non-hydrogen) atoms. The Morgan fingerprint density at radius 2 is 2.17 bits per heavy atom. The predicted molar refractivity (Wildman–Crippen MR) is 74.9 cm³/mol. The highest BCUT2D eigenvalue weighted by atomic mass is 15.2. The molecular formula is C14H24N4. The van der Waals surface area contributed by atoms with E-state index in [1.54, 1.807) is 6.33 Å². The molecule has 1 fully saturated rings. The Kier molecular flexibility index (Phi) is 4.17. The SMILES string of the molecule is CC(C)N1CCC(Cc2cc(N(C)C)ncn2)C1. The summed E-state index contributed by atoms with van der Waals surface area (Å²) in [6, 6.07) is 2.77. The highest BCUT2D eigenvalue weighted by Gasteiger charge is 2.24. The quantitative estimate of drug-likeness (QED) is 0.813. The van der Waals surface area contributed by atoms with Gasteiger partial charge in [0.05, 0.1) is 0 Å². The maximum atomic E-state index is 4.40. The van der Waals surface area contributed by atoms with Gasteiger partial charge in [0, 0.05) is 38.4 Å². The number of aromatic nitrogens is 2. The molecule has 1 unspecified atom stereocenters. The van der Waals surface area contributed by atoms with Gasteiger partial charge in [-0.15, -0.1) is 0 Å². The van der Waals surface area contributed by atoms with Gasteiger partial charge in [0.2, 0.25) is 0 Å². The molecule has 0 saturated carbocycles. The standard InChI is InChI=1S/C14H24N4/c1-11(2)18-6-5-12(9-18)7-13-8-14(17(3)4)16-10-15-13/h8,10-12H,5-7,9H2,1-4H3. The van der Waals surface area contributed by atoms with Crippen LogP contribution in [-0.2, 0) is 6.42 Å². The first kappa shape index (κ1) is 13.3. The fourth-order valence-electron chi connectivity index (χ4n) is 2.54. The molecule has 0 aromatic carbocycles. The average molecular weight is 248 g/mol. The second-order valence-corrected chi connectivity index (χ2v) is 5.71. The van der Waals surface area contributed by atoms with Crippen LogP contribution in [-0.4, -0.2) is 48.1 Å². The summed E-state index contributed by atoms with van der Waals surface area (Å²) in [7, 11) is 4.03. The fraction of sp³-hybridized carbons (Fsp3) is 0.714. The topological polar surface area (TPSA) is 32.3 Å². The molecule has 1 atom stereocenters. The van der Waals surface area contributed by atoms with Crippen LogP contribution in [0.15, 0.2) is 12.4 Å². The predicted octanol–water partition coefficient (Wildman–Crippen LogP) is 1.82. The molecule has 1 aliphatic rings. The van der Waals surface area contributed by atoms with Gasteiger partial charge in [0.15, 0.2) is 0 Å². The van der Waals surface area contributed by atoms with Gasteiger partial charge in [-0.1, -0.05) is 0 Å². The van der Waals surface area contributed by atoms with Crippen LogP contribution in [0.5, 0.6) is 0 Å². The van der Waals surface area contributed by atoms with Crippen LogP contribution in [0, 0.1) is 5.92 Å². The minimum Gasteiger partial charge on any atom is -0.363 e. The van der Waals surface area contributed by atoms with Gasteiger partial charge in [0.25, 0.3) is 0 Å². The summed E-state index contributed by atoms with van der Waals surface area (Å²) in [5, 5.41) is 0. The van der Waals surface area contributed by atoms with E-state index in [0.29, 0.717) is 6.04 Å². The van der Waals surface area contributed by atoms with Crippen molar-refractivity contribution in [3.05, 3.63) is 18.1 Å². The van der Waals surface area contributed by atoms with E-state index in [4.69, 9.17) is 0 Å². The summed E-state index contributed by atoms with van der Waals surface area (Å²) in [4.78, 5) is 13.2. The summed E-state index contributed by atoms with van der Waals surface area (Å²) >= 11 is 0. The molecule has 0 bridgehead atoms. The molecule has 1 aromatic heterocycles. The monoisotopic (exact) mass is 248 g/mol. The number of nitrogens with zero attached hydrogens (tertiary/aromatic N) is 4. The van der Waals surface area contributed by atoms with Crippen LogP contribution in [0.1, 0.15) is 26.0 Å². The zero-order valence-corrected chi connectivity index (χ0v) is 11.9. The normalized spacial score (nSPS) is 20.6. The third-order valence-corrected chi connectivity index (χ3v) is 3.71. The lowest BCUT2D eigenvalue weighted by Crippen LogP contribution is -2.28. The molecule has 100 valence electrons. The molecule has 0 amide bonds. The van der Waals surface area contributed by atoms with Crippen molar-refractivity contribution in [2.24, 2.45) is 5.92 Å². The molecule has 1 aromatic rings. The lowest BCUT2D eigenvalue weighted by molar-refractivity contribution is 0.265. The largest absolute Gasteiger partial charge is 0.363 e. The Morgan fingerprint density at radius 1 is 1.39 bits per heavy atom. The fourth-order valence-corrected chi connectivity index (χ4v) is 2.54. The third kappa shape index (κ3) is 3.19. The molecule has 0 spiro atoms. The summed E-state index contributed by atoms with van der Waals surface area (Å²) in [5.74, 6) is 1.75. The first-order valence-corrected chi connectivity index (χ1v) is 6.78. The summed E-state index contributed by atoms with van der Waals surface area (Å²) in [6.07, 6.45) is 4.05. The van der Waals surface area contributed by atoms with Gasteiger partial charge in [-0.25, -0.2) is 9.97 Å². The van der Waals surface area contributed by atoms with E-state index < -0.39 is 0 Å². The highest BCUT2D eigenvalue weighted by Crippen LogP contribution is 2.22. The summed E-state index contributed by atoms with van der Waals surface area (Å²) in [5.41, 5.74) is 1.17. The van der Waals surface area contributed by atoms with Gasteiger partial charge in [0.1, 0.15) is 12.1 Å². The van der Waals surface area contributed by atoms with Crippen molar-refractivity contribution in [3.63, 3.8) is 0 Å². The smallest absolute Gasteiger partial charge is 0.131 e. The minimum absolute atomic E-state index is 0.665. The van der Waals surface area contributed by atoms with Gasteiger partial charge < -0.3 is 9.80 Å². The molecule has 1 saturated heterocycles. The molecular weight excluding hydrogens is 224 g/mol. The maximum Gasteiger partial charge on any atom is 0.131 e. The number of likely N-dealkylation sites (tertiary alicyclic amines) is 1. The van der Waals surface area contributed by atoms with Crippen LogP contribution in [0.4, 0.5) is 5.82 Å². The number of rotatable bonds is 4. The lowest BCUT2D eigenvalue weighted by Gasteiger charge is -2.20. The zero-order chi connectivity index (χ0) is 13.1. The van der Waals surface area contributed by atoms with Gasteiger partial charge in [-0.2, -0.15) is 0 Å². The summed E-state index contributed by atoms with van der Waals surface area (Å²) < 4.78 is 0. The van der Waals surface area contributed by atoms with Crippen molar-refractivity contribution in [2.75, 3.05) is 32.1 Å². The Bertz CT molecular complexity index is 389. The van der Waals surface area contributed by atoms with Crippen LogP contribution in [0.3, 0.4) is 0 Å². The Balaban J connectivity index is 1.96.